The van der Waals surface area contributed by atoms with Crippen LogP contribution in [0.25, 0.3) is 10.9 Å². The molecular formula is C16H21FN2O. The molecule has 0 atom stereocenters. The van der Waals surface area contributed by atoms with Crippen molar-refractivity contribution in [2.24, 2.45) is 0 Å². The number of aromatic amines is 1. The van der Waals surface area contributed by atoms with Gasteiger partial charge in [-0.15, -0.1) is 0 Å². The van der Waals surface area contributed by atoms with Crippen molar-refractivity contribution >= 4 is 16.8 Å². The van der Waals surface area contributed by atoms with Crippen LogP contribution < -0.4 is 0 Å². The van der Waals surface area contributed by atoms with E-state index >= 15 is 0 Å². The Morgan fingerprint density at radius 3 is 2.60 bits per heavy atom. The molecule has 4 heteroatoms. The molecule has 1 heterocycles. The maximum atomic E-state index is 13.1. The van der Waals surface area contributed by atoms with Gasteiger partial charge in [0.25, 0.3) is 0 Å². The highest BCUT2D eigenvalue weighted by atomic mass is 19.1. The topological polar surface area (TPSA) is 36.1 Å². The molecule has 2 aromatic rings. The molecule has 0 aliphatic carbocycles. The van der Waals surface area contributed by atoms with E-state index in [0.717, 1.165) is 42.4 Å². The predicted molar refractivity (Wildman–Crippen MR) is 79.1 cm³/mol. The lowest BCUT2D eigenvalue weighted by molar-refractivity contribution is -0.130. The van der Waals surface area contributed by atoms with Gasteiger partial charge in [-0.25, -0.2) is 4.39 Å². The molecule has 0 bridgehead atoms. The Hall–Kier alpha value is -1.84. The molecule has 1 aromatic heterocycles. The third-order valence-corrected chi connectivity index (χ3v) is 3.41. The summed E-state index contributed by atoms with van der Waals surface area (Å²) in [4.78, 5) is 17.3. The van der Waals surface area contributed by atoms with Gasteiger partial charge in [-0.2, -0.15) is 0 Å². The van der Waals surface area contributed by atoms with E-state index in [0.29, 0.717) is 6.42 Å². The molecule has 0 unspecified atom stereocenters. The highest BCUT2D eigenvalue weighted by Gasteiger charge is 2.14. The van der Waals surface area contributed by atoms with E-state index in [2.05, 4.69) is 18.8 Å². The van der Waals surface area contributed by atoms with E-state index in [4.69, 9.17) is 0 Å². The fraction of sp³-hybridized carbons (Fsp3) is 0.438. The Morgan fingerprint density at radius 2 is 1.95 bits per heavy atom. The van der Waals surface area contributed by atoms with E-state index < -0.39 is 0 Å². The lowest BCUT2D eigenvalue weighted by atomic mass is 10.1. The van der Waals surface area contributed by atoms with E-state index in [1.54, 1.807) is 12.3 Å². The summed E-state index contributed by atoms with van der Waals surface area (Å²) in [5.74, 6) is -0.130. The third kappa shape index (κ3) is 3.18. The zero-order valence-electron chi connectivity index (χ0n) is 12.1. The molecule has 1 amide bonds. The highest BCUT2D eigenvalue weighted by molar-refractivity contribution is 5.88. The maximum absolute atomic E-state index is 13.1. The first-order chi connectivity index (χ1) is 9.65. The van der Waals surface area contributed by atoms with Crippen LogP contribution >= 0.6 is 0 Å². The molecule has 1 N–H and O–H groups in total. The number of hydrogen-bond donors (Lipinski definition) is 1. The molecule has 0 saturated heterocycles. The minimum atomic E-state index is -0.268. The number of amides is 1. The van der Waals surface area contributed by atoms with Crippen molar-refractivity contribution in [2.75, 3.05) is 13.1 Å². The van der Waals surface area contributed by atoms with Gasteiger partial charge in [0.2, 0.25) is 5.91 Å². The number of aromatic nitrogens is 1. The molecule has 108 valence electrons. The van der Waals surface area contributed by atoms with E-state index in [1.165, 1.54) is 12.1 Å². The molecular weight excluding hydrogens is 255 g/mol. The number of fused-ring (bicyclic) bond motifs is 1. The number of halogens is 1. The van der Waals surface area contributed by atoms with Gasteiger partial charge < -0.3 is 9.88 Å². The van der Waals surface area contributed by atoms with Gasteiger partial charge in [-0.05, 0) is 36.6 Å². The Balaban J connectivity index is 2.16. The summed E-state index contributed by atoms with van der Waals surface area (Å²) in [6.45, 7) is 5.74. The molecule has 0 radical (unpaired) electrons. The predicted octanol–water partition coefficient (Wildman–Crippen LogP) is 3.50. The highest BCUT2D eigenvalue weighted by Crippen LogP contribution is 2.20. The zero-order chi connectivity index (χ0) is 14.5. The fourth-order valence-corrected chi connectivity index (χ4v) is 2.48. The smallest absolute Gasteiger partial charge is 0.227 e. The van der Waals surface area contributed by atoms with Crippen LogP contribution in [0.2, 0.25) is 0 Å². The van der Waals surface area contributed by atoms with E-state index in [9.17, 15) is 9.18 Å². The van der Waals surface area contributed by atoms with Gasteiger partial charge in [0.05, 0.1) is 6.42 Å². The molecule has 0 fully saturated rings. The molecule has 0 spiro atoms. The molecule has 20 heavy (non-hydrogen) atoms. The van der Waals surface area contributed by atoms with Crippen molar-refractivity contribution in [1.29, 1.82) is 0 Å². The largest absolute Gasteiger partial charge is 0.361 e. The van der Waals surface area contributed by atoms with Crippen LogP contribution in [0, 0.1) is 5.82 Å². The molecule has 0 aliphatic rings. The Kier molecular flexibility index (Phi) is 4.77. The van der Waals surface area contributed by atoms with Gasteiger partial charge in [0.15, 0.2) is 0 Å². The summed E-state index contributed by atoms with van der Waals surface area (Å²) in [6.07, 6.45) is 4.10. The second kappa shape index (κ2) is 6.55. The lowest BCUT2D eigenvalue weighted by Gasteiger charge is -2.21. The second-order valence-electron chi connectivity index (χ2n) is 5.06. The summed E-state index contributed by atoms with van der Waals surface area (Å²) in [7, 11) is 0. The first-order valence-corrected chi connectivity index (χ1v) is 7.19. The number of rotatable bonds is 6. The van der Waals surface area contributed by atoms with Crippen molar-refractivity contribution in [3.05, 3.63) is 35.8 Å². The minimum absolute atomic E-state index is 0.138. The summed E-state index contributed by atoms with van der Waals surface area (Å²) < 4.78 is 13.1. The van der Waals surface area contributed by atoms with Crippen LogP contribution in [-0.4, -0.2) is 28.9 Å². The minimum Gasteiger partial charge on any atom is -0.361 e. The van der Waals surface area contributed by atoms with Gasteiger partial charge in [0.1, 0.15) is 5.82 Å². The lowest BCUT2D eigenvalue weighted by Crippen LogP contribution is -2.33. The molecule has 3 nitrogen and oxygen atoms in total. The molecule has 2 rings (SSSR count). The van der Waals surface area contributed by atoms with Crippen molar-refractivity contribution in [3.63, 3.8) is 0 Å². The van der Waals surface area contributed by atoms with Crippen LogP contribution in [-0.2, 0) is 11.2 Å². The number of carbonyl (C=O) groups is 1. The maximum Gasteiger partial charge on any atom is 0.227 e. The summed E-state index contributed by atoms with van der Waals surface area (Å²) in [5.41, 5.74) is 1.67. The number of carbonyl (C=O) groups excluding carboxylic acids is 1. The Labute approximate surface area is 118 Å². The number of benzene rings is 1. The number of hydrogen-bond acceptors (Lipinski definition) is 1. The standard InChI is InChI=1S/C16H21FN2O/c1-3-7-19(8-4-2)16(20)9-12-11-18-15-10-13(17)5-6-14(12)15/h5-6,10-11,18H,3-4,7-9H2,1-2H3. The van der Waals surface area contributed by atoms with Crippen LogP contribution in [0.5, 0.6) is 0 Å². The van der Waals surface area contributed by atoms with Crippen LogP contribution in [0.3, 0.4) is 0 Å². The average molecular weight is 276 g/mol. The second-order valence-corrected chi connectivity index (χ2v) is 5.06. The number of H-pyrrole nitrogens is 1. The van der Waals surface area contributed by atoms with Crippen molar-refractivity contribution in [1.82, 2.24) is 9.88 Å². The molecule has 0 aliphatic heterocycles. The monoisotopic (exact) mass is 276 g/mol. The van der Waals surface area contributed by atoms with Gasteiger partial charge in [-0.1, -0.05) is 13.8 Å². The van der Waals surface area contributed by atoms with Crippen molar-refractivity contribution < 1.29 is 9.18 Å². The van der Waals surface area contributed by atoms with Gasteiger partial charge >= 0.3 is 0 Å². The fourth-order valence-electron chi connectivity index (χ4n) is 2.48. The van der Waals surface area contributed by atoms with Crippen LogP contribution in [0.1, 0.15) is 32.3 Å². The first-order valence-electron chi connectivity index (χ1n) is 7.19. The molecule has 1 aromatic carbocycles. The SMILES string of the molecule is CCCN(CCC)C(=O)Cc1c[nH]c2cc(F)ccc12. The van der Waals surface area contributed by atoms with Crippen LogP contribution in [0.15, 0.2) is 24.4 Å². The average Bonchev–Trinajstić information content (AvgIpc) is 2.80. The normalized spacial score (nSPS) is 10.9. The Morgan fingerprint density at radius 1 is 1.25 bits per heavy atom. The summed E-state index contributed by atoms with van der Waals surface area (Å²) >= 11 is 0. The summed E-state index contributed by atoms with van der Waals surface area (Å²) in [6, 6.07) is 4.62. The first kappa shape index (κ1) is 14.6. The number of nitrogens with zero attached hydrogens (tertiary/aromatic N) is 1. The third-order valence-electron chi connectivity index (χ3n) is 3.41. The van der Waals surface area contributed by atoms with Crippen LogP contribution in [0.4, 0.5) is 4.39 Å². The van der Waals surface area contributed by atoms with Gasteiger partial charge in [0, 0.05) is 30.2 Å². The van der Waals surface area contributed by atoms with E-state index in [1.807, 2.05) is 4.90 Å². The zero-order valence-corrected chi connectivity index (χ0v) is 12.1. The van der Waals surface area contributed by atoms with E-state index in [-0.39, 0.29) is 11.7 Å². The Bertz CT molecular complexity index is 585. The van der Waals surface area contributed by atoms with Crippen molar-refractivity contribution in [3.8, 4) is 0 Å². The van der Waals surface area contributed by atoms with Gasteiger partial charge in [-0.3, -0.25) is 4.79 Å². The number of nitrogens with one attached hydrogen (secondary N) is 1. The summed E-state index contributed by atoms with van der Waals surface area (Å²) in [5, 5.41) is 0.924. The quantitative estimate of drug-likeness (QED) is 0.861. The molecule has 0 saturated carbocycles. The van der Waals surface area contributed by atoms with Crippen molar-refractivity contribution in [2.45, 2.75) is 33.1 Å².